The summed E-state index contributed by atoms with van der Waals surface area (Å²) in [5.41, 5.74) is 7.85. The van der Waals surface area contributed by atoms with E-state index in [1.165, 1.54) is 5.56 Å². The molecule has 1 heterocycles. The number of piperidine rings is 1. The first kappa shape index (κ1) is 17.7. The van der Waals surface area contributed by atoms with Crippen LogP contribution in [0.25, 0.3) is 0 Å². The van der Waals surface area contributed by atoms with Gasteiger partial charge in [-0.15, -0.1) is 24.8 Å². The minimum absolute atomic E-state index is 0. The molecule has 0 amide bonds. The van der Waals surface area contributed by atoms with Gasteiger partial charge in [-0.05, 0) is 17.4 Å². The van der Waals surface area contributed by atoms with Crippen molar-refractivity contribution in [1.82, 2.24) is 4.90 Å². The fraction of sp³-hybridized carbons (Fsp3) is 0.571. The van der Waals surface area contributed by atoms with Crippen LogP contribution >= 0.6 is 24.8 Å². The van der Waals surface area contributed by atoms with Gasteiger partial charge in [-0.25, -0.2) is 0 Å². The van der Waals surface area contributed by atoms with E-state index in [9.17, 15) is 0 Å². The number of hydrogen-bond donors (Lipinski definition) is 1. The zero-order valence-electron chi connectivity index (χ0n) is 11.1. The van der Waals surface area contributed by atoms with Crippen LogP contribution in [0.2, 0.25) is 0 Å². The Balaban J connectivity index is 0.00000144. The molecule has 1 fully saturated rings. The Morgan fingerprint density at radius 2 is 1.83 bits per heavy atom. The molecule has 0 spiro atoms. The highest BCUT2D eigenvalue weighted by atomic mass is 35.5. The average Bonchev–Trinajstić information content (AvgIpc) is 2.15. The van der Waals surface area contributed by atoms with Gasteiger partial charge in [0.15, 0.2) is 0 Å². The van der Waals surface area contributed by atoms with Crippen molar-refractivity contribution in [3.05, 3.63) is 35.9 Å². The van der Waals surface area contributed by atoms with Crippen molar-refractivity contribution in [2.75, 3.05) is 13.1 Å². The van der Waals surface area contributed by atoms with Crippen molar-refractivity contribution >= 4 is 24.8 Å². The Morgan fingerprint density at radius 1 is 1.22 bits per heavy atom. The highest BCUT2D eigenvalue weighted by molar-refractivity contribution is 5.85. The molecule has 18 heavy (non-hydrogen) atoms. The summed E-state index contributed by atoms with van der Waals surface area (Å²) in [6, 6.07) is 11.0. The van der Waals surface area contributed by atoms with Crippen LogP contribution in [0.1, 0.15) is 25.8 Å². The molecule has 0 radical (unpaired) electrons. The van der Waals surface area contributed by atoms with Gasteiger partial charge in [-0.3, -0.25) is 4.90 Å². The van der Waals surface area contributed by atoms with Gasteiger partial charge < -0.3 is 5.73 Å². The first-order valence-corrected chi connectivity index (χ1v) is 6.07. The average molecular weight is 291 g/mol. The van der Waals surface area contributed by atoms with Crippen LogP contribution in [0.5, 0.6) is 0 Å². The predicted octanol–water partition coefficient (Wildman–Crippen LogP) is 3.09. The third-order valence-electron chi connectivity index (χ3n) is 3.21. The molecule has 0 aliphatic carbocycles. The topological polar surface area (TPSA) is 29.3 Å². The molecular weight excluding hydrogens is 267 g/mol. The van der Waals surface area contributed by atoms with Crippen LogP contribution in [-0.2, 0) is 6.54 Å². The van der Waals surface area contributed by atoms with E-state index in [1.807, 2.05) is 0 Å². The smallest absolute Gasteiger partial charge is 0.0234 e. The highest BCUT2D eigenvalue weighted by Gasteiger charge is 2.30. The van der Waals surface area contributed by atoms with Crippen molar-refractivity contribution in [3.8, 4) is 0 Å². The van der Waals surface area contributed by atoms with E-state index in [0.717, 1.165) is 26.1 Å². The van der Waals surface area contributed by atoms with E-state index >= 15 is 0 Å². The van der Waals surface area contributed by atoms with Gasteiger partial charge in [0, 0.05) is 25.7 Å². The van der Waals surface area contributed by atoms with E-state index in [4.69, 9.17) is 5.73 Å². The molecule has 1 aromatic rings. The molecule has 1 aliphatic rings. The van der Waals surface area contributed by atoms with Gasteiger partial charge in [0.05, 0.1) is 0 Å². The third-order valence-corrected chi connectivity index (χ3v) is 3.21. The van der Waals surface area contributed by atoms with Crippen molar-refractivity contribution in [3.63, 3.8) is 0 Å². The monoisotopic (exact) mass is 290 g/mol. The lowest BCUT2D eigenvalue weighted by Gasteiger charge is -2.41. The van der Waals surface area contributed by atoms with Gasteiger partial charge in [0.25, 0.3) is 0 Å². The van der Waals surface area contributed by atoms with E-state index in [1.54, 1.807) is 0 Å². The fourth-order valence-electron chi connectivity index (χ4n) is 2.80. The Labute approximate surface area is 123 Å². The molecule has 2 nitrogen and oxygen atoms in total. The van der Waals surface area contributed by atoms with E-state index in [2.05, 4.69) is 49.1 Å². The largest absolute Gasteiger partial charge is 0.327 e. The maximum absolute atomic E-state index is 6.11. The zero-order valence-corrected chi connectivity index (χ0v) is 12.8. The Hall–Kier alpha value is -0.280. The predicted molar refractivity (Wildman–Crippen MR) is 82.6 cm³/mol. The van der Waals surface area contributed by atoms with Crippen LogP contribution < -0.4 is 5.73 Å². The van der Waals surface area contributed by atoms with Gasteiger partial charge in [0.1, 0.15) is 0 Å². The normalized spacial score (nSPS) is 22.7. The summed E-state index contributed by atoms with van der Waals surface area (Å²) in [7, 11) is 0. The molecule has 1 atom stereocenters. The van der Waals surface area contributed by atoms with Crippen LogP contribution in [0.4, 0.5) is 0 Å². The molecule has 2 N–H and O–H groups in total. The minimum atomic E-state index is 0. The molecular formula is C14H24Cl2N2. The van der Waals surface area contributed by atoms with Gasteiger partial charge >= 0.3 is 0 Å². The van der Waals surface area contributed by atoms with E-state index in [-0.39, 0.29) is 24.8 Å². The molecule has 4 heteroatoms. The molecule has 2 rings (SSSR count). The number of nitrogens with zero attached hydrogens (tertiary/aromatic N) is 1. The van der Waals surface area contributed by atoms with Crippen LogP contribution in [0.15, 0.2) is 30.3 Å². The van der Waals surface area contributed by atoms with Crippen molar-refractivity contribution in [1.29, 1.82) is 0 Å². The third kappa shape index (κ3) is 5.15. The lowest BCUT2D eigenvalue weighted by Crippen LogP contribution is -2.49. The second-order valence-corrected chi connectivity index (χ2v) is 5.78. The zero-order chi connectivity index (χ0) is 11.6. The summed E-state index contributed by atoms with van der Waals surface area (Å²) in [5.74, 6) is 0. The van der Waals surface area contributed by atoms with Crippen LogP contribution in [0.3, 0.4) is 0 Å². The summed E-state index contributed by atoms with van der Waals surface area (Å²) >= 11 is 0. The molecule has 1 aromatic carbocycles. The summed E-state index contributed by atoms with van der Waals surface area (Å²) in [4.78, 5) is 2.48. The second kappa shape index (κ2) is 7.34. The van der Waals surface area contributed by atoms with Gasteiger partial charge in [-0.1, -0.05) is 44.2 Å². The summed E-state index contributed by atoms with van der Waals surface area (Å²) in [5, 5.41) is 0. The number of benzene rings is 1. The van der Waals surface area contributed by atoms with Crippen LogP contribution in [-0.4, -0.2) is 24.0 Å². The van der Waals surface area contributed by atoms with E-state index in [0.29, 0.717) is 11.5 Å². The van der Waals surface area contributed by atoms with Gasteiger partial charge in [0.2, 0.25) is 0 Å². The standard InChI is InChI=1S/C14H22N2.2ClH/c1-14(2)8-13(15)10-16(11-14)9-12-6-4-3-5-7-12;;/h3-7,13H,8-11,15H2,1-2H3;2*1H/t13-;;/m0../s1. The number of hydrogen-bond acceptors (Lipinski definition) is 2. The lowest BCUT2D eigenvalue weighted by atomic mass is 9.82. The van der Waals surface area contributed by atoms with E-state index < -0.39 is 0 Å². The number of halogens is 2. The minimum Gasteiger partial charge on any atom is -0.327 e. The Bertz CT molecular complexity index is 341. The number of nitrogens with two attached hydrogens (primary N) is 1. The molecule has 0 bridgehead atoms. The SMILES string of the molecule is CC1(C)C[C@H](N)CN(Cc2ccccc2)C1.Cl.Cl. The van der Waals surface area contributed by atoms with Crippen molar-refractivity contribution in [2.45, 2.75) is 32.9 Å². The molecule has 0 saturated carbocycles. The van der Waals surface area contributed by atoms with Crippen molar-refractivity contribution < 1.29 is 0 Å². The summed E-state index contributed by atoms with van der Waals surface area (Å²) < 4.78 is 0. The fourth-order valence-corrected chi connectivity index (χ4v) is 2.80. The first-order valence-electron chi connectivity index (χ1n) is 6.07. The molecule has 0 unspecified atom stereocenters. The first-order chi connectivity index (χ1) is 7.55. The molecule has 1 aliphatic heterocycles. The molecule has 1 saturated heterocycles. The molecule has 104 valence electrons. The highest BCUT2D eigenvalue weighted by Crippen LogP contribution is 2.28. The Kier molecular flexibility index (Phi) is 7.23. The van der Waals surface area contributed by atoms with Crippen LogP contribution in [0, 0.1) is 5.41 Å². The molecule has 0 aromatic heterocycles. The maximum Gasteiger partial charge on any atom is 0.0234 e. The lowest BCUT2D eigenvalue weighted by molar-refractivity contribution is 0.0960. The quantitative estimate of drug-likeness (QED) is 0.907. The second-order valence-electron chi connectivity index (χ2n) is 5.78. The van der Waals surface area contributed by atoms with Gasteiger partial charge in [-0.2, -0.15) is 0 Å². The maximum atomic E-state index is 6.11. The van der Waals surface area contributed by atoms with Crippen molar-refractivity contribution in [2.24, 2.45) is 11.1 Å². The Morgan fingerprint density at radius 3 is 2.39 bits per heavy atom. The number of rotatable bonds is 2. The summed E-state index contributed by atoms with van der Waals surface area (Å²) in [6.45, 7) is 7.82. The number of likely N-dealkylation sites (tertiary alicyclic amines) is 1. The summed E-state index contributed by atoms with van der Waals surface area (Å²) in [6.07, 6.45) is 1.14.